The number of rotatable bonds is 3. The number of hydrogen-bond donors (Lipinski definition) is 2. The Kier molecular flexibility index (Phi) is 3.78. The molecule has 0 amide bonds. The van der Waals surface area contributed by atoms with Gasteiger partial charge in [0, 0.05) is 17.2 Å². The molecule has 100 valence electrons. The van der Waals surface area contributed by atoms with Crippen molar-refractivity contribution in [3.05, 3.63) is 30.5 Å². The van der Waals surface area contributed by atoms with E-state index in [4.69, 9.17) is 5.73 Å². The molecule has 0 spiro atoms. The van der Waals surface area contributed by atoms with Crippen LogP contribution in [-0.2, 0) is 0 Å². The van der Waals surface area contributed by atoms with Crippen LogP contribution in [0.4, 0.5) is 11.4 Å². The molecular weight excluding hydrogens is 254 g/mol. The van der Waals surface area contributed by atoms with Crippen LogP contribution in [0.2, 0.25) is 0 Å². The van der Waals surface area contributed by atoms with Gasteiger partial charge in [0.25, 0.3) is 0 Å². The van der Waals surface area contributed by atoms with Gasteiger partial charge in [-0.3, -0.25) is 4.98 Å². The van der Waals surface area contributed by atoms with Crippen LogP contribution in [-0.4, -0.2) is 22.5 Å². The summed E-state index contributed by atoms with van der Waals surface area (Å²) in [5.41, 5.74) is 8.84. The maximum atomic E-state index is 6.07. The average Bonchev–Trinajstić information content (AvgIpc) is 2.47. The van der Waals surface area contributed by atoms with Crippen molar-refractivity contribution in [3.8, 4) is 0 Å². The number of nitrogen functional groups attached to an aromatic ring is 1. The van der Waals surface area contributed by atoms with Gasteiger partial charge < -0.3 is 11.1 Å². The van der Waals surface area contributed by atoms with Crippen molar-refractivity contribution in [2.75, 3.05) is 23.3 Å². The quantitative estimate of drug-likeness (QED) is 0.898. The lowest BCUT2D eigenvalue weighted by Crippen LogP contribution is -2.20. The first kappa shape index (κ1) is 12.6. The SMILES string of the molecule is Nc1cnc2ccccc2c1NCC1CCCCS1. The molecule has 1 fully saturated rings. The van der Waals surface area contributed by atoms with Gasteiger partial charge in [0.15, 0.2) is 0 Å². The standard InChI is InChI=1S/C15H19N3S/c16-13-10-17-14-7-2-1-6-12(14)15(13)18-9-11-5-3-4-8-19-11/h1-2,6-7,10-11H,3-5,8-9,16H2,(H,17,18). The molecule has 1 saturated heterocycles. The van der Waals surface area contributed by atoms with Crippen molar-refractivity contribution in [1.29, 1.82) is 0 Å². The molecule has 1 aromatic carbocycles. The van der Waals surface area contributed by atoms with Crippen molar-refractivity contribution >= 4 is 34.0 Å². The molecule has 19 heavy (non-hydrogen) atoms. The summed E-state index contributed by atoms with van der Waals surface area (Å²) in [6.45, 7) is 0.989. The first-order valence-corrected chi connectivity index (χ1v) is 7.88. The maximum Gasteiger partial charge on any atom is 0.0743 e. The molecule has 3 nitrogen and oxygen atoms in total. The van der Waals surface area contributed by atoms with Gasteiger partial charge in [-0.2, -0.15) is 11.8 Å². The smallest absolute Gasteiger partial charge is 0.0743 e. The molecule has 2 aromatic rings. The van der Waals surface area contributed by atoms with Crippen molar-refractivity contribution < 1.29 is 0 Å². The predicted octanol–water partition coefficient (Wildman–Crippen LogP) is 3.51. The summed E-state index contributed by atoms with van der Waals surface area (Å²) in [4.78, 5) is 4.37. The molecule has 2 heterocycles. The Bertz CT molecular complexity index is 564. The minimum atomic E-state index is 0.708. The Morgan fingerprint density at radius 2 is 2.21 bits per heavy atom. The zero-order valence-electron chi connectivity index (χ0n) is 10.9. The van der Waals surface area contributed by atoms with E-state index >= 15 is 0 Å². The van der Waals surface area contributed by atoms with Gasteiger partial charge in [0.05, 0.1) is 23.1 Å². The minimum absolute atomic E-state index is 0.708. The van der Waals surface area contributed by atoms with Gasteiger partial charge in [0.2, 0.25) is 0 Å². The molecule has 1 aromatic heterocycles. The van der Waals surface area contributed by atoms with Gasteiger partial charge in [-0.25, -0.2) is 0 Å². The highest BCUT2D eigenvalue weighted by atomic mass is 32.2. The van der Waals surface area contributed by atoms with E-state index in [1.165, 1.54) is 25.0 Å². The topological polar surface area (TPSA) is 50.9 Å². The minimum Gasteiger partial charge on any atom is -0.396 e. The van der Waals surface area contributed by atoms with E-state index in [1.807, 2.05) is 18.2 Å². The molecular formula is C15H19N3S. The fourth-order valence-electron chi connectivity index (χ4n) is 2.54. The second-order valence-electron chi connectivity index (χ2n) is 4.98. The fourth-order valence-corrected chi connectivity index (χ4v) is 3.78. The molecule has 3 rings (SSSR count). The van der Waals surface area contributed by atoms with Gasteiger partial charge in [-0.05, 0) is 24.7 Å². The molecule has 0 saturated carbocycles. The van der Waals surface area contributed by atoms with E-state index in [2.05, 4.69) is 28.1 Å². The van der Waals surface area contributed by atoms with Crippen LogP contribution in [0.15, 0.2) is 30.5 Å². The average molecular weight is 273 g/mol. The summed E-state index contributed by atoms with van der Waals surface area (Å²) in [7, 11) is 0. The summed E-state index contributed by atoms with van der Waals surface area (Å²) in [5.74, 6) is 1.29. The first-order valence-electron chi connectivity index (χ1n) is 6.83. The largest absolute Gasteiger partial charge is 0.396 e. The van der Waals surface area contributed by atoms with Crippen LogP contribution in [0, 0.1) is 0 Å². The molecule has 1 unspecified atom stereocenters. The van der Waals surface area contributed by atoms with Crippen molar-refractivity contribution in [2.45, 2.75) is 24.5 Å². The molecule has 0 aliphatic carbocycles. The van der Waals surface area contributed by atoms with Crippen LogP contribution >= 0.6 is 11.8 Å². The molecule has 0 bridgehead atoms. The Morgan fingerprint density at radius 1 is 1.32 bits per heavy atom. The molecule has 1 aliphatic rings. The number of hydrogen-bond acceptors (Lipinski definition) is 4. The Balaban J connectivity index is 1.81. The summed E-state index contributed by atoms with van der Waals surface area (Å²) < 4.78 is 0. The number of para-hydroxylation sites is 1. The van der Waals surface area contributed by atoms with Crippen LogP contribution in [0.5, 0.6) is 0 Å². The molecule has 1 atom stereocenters. The molecule has 0 radical (unpaired) electrons. The number of fused-ring (bicyclic) bond motifs is 1. The summed E-state index contributed by atoms with van der Waals surface area (Å²) in [6, 6.07) is 8.14. The second kappa shape index (κ2) is 5.70. The lowest BCUT2D eigenvalue weighted by molar-refractivity contribution is 0.678. The van der Waals surface area contributed by atoms with E-state index in [0.29, 0.717) is 5.25 Å². The van der Waals surface area contributed by atoms with Gasteiger partial charge in [-0.15, -0.1) is 0 Å². The third kappa shape index (κ3) is 2.78. The van der Waals surface area contributed by atoms with Crippen LogP contribution in [0.1, 0.15) is 19.3 Å². The lowest BCUT2D eigenvalue weighted by Gasteiger charge is -2.22. The number of nitrogens with zero attached hydrogens (tertiary/aromatic N) is 1. The van der Waals surface area contributed by atoms with Crippen molar-refractivity contribution in [1.82, 2.24) is 4.98 Å². The summed E-state index contributed by atoms with van der Waals surface area (Å²) in [6.07, 6.45) is 5.77. The van der Waals surface area contributed by atoms with E-state index in [9.17, 15) is 0 Å². The van der Waals surface area contributed by atoms with Crippen molar-refractivity contribution in [3.63, 3.8) is 0 Å². The number of benzene rings is 1. The highest BCUT2D eigenvalue weighted by Crippen LogP contribution is 2.30. The van der Waals surface area contributed by atoms with E-state index in [-0.39, 0.29) is 0 Å². The number of thioether (sulfide) groups is 1. The van der Waals surface area contributed by atoms with E-state index < -0.39 is 0 Å². The summed E-state index contributed by atoms with van der Waals surface area (Å²) in [5, 5.41) is 5.36. The van der Waals surface area contributed by atoms with Gasteiger partial charge in [0.1, 0.15) is 0 Å². The highest BCUT2D eigenvalue weighted by molar-refractivity contribution is 7.99. The lowest BCUT2D eigenvalue weighted by atomic mass is 10.1. The summed E-state index contributed by atoms with van der Waals surface area (Å²) >= 11 is 2.07. The van der Waals surface area contributed by atoms with Crippen LogP contribution < -0.4 is 11.1 Å². The first-order chi connectivity index (χ1) is 9.34. The fraction of sp³-hybridized carbons (Fsp3) is 0.400. The molecule has 4 heteroatoms. The number of nitrogens with one attached hydrogen (secondary N) is 1. The zero-order chi connectivity index (χ0) is 13.1. The van der Waals surface area contributed by atoms with Gasteiger partial charge in [-0.1, -0.05) is 24.6 Å². The van der Waals surface area contributed by atoms with Crippen LogP contribution in [0.3, 0.4) is 0 Å². The Hall–Kier alpha value is -1.42. The van der Waals surface area contributed by atoms with E-state index in [1.54, 1.807) is 6.20 Å². The van der Waals surface area contributed by atoms with Crippen molar-refractivity contribution in [2.24, 2.45) is 0 Å². The third-order valence-corrected chi connectivity index (χ3v) is 4.98. The Morgan fingerprint density at radius 3 is 3.05 bits per heavy atom. The second-order valence-corrected chi connectivity index (χ2v) is 6.38. The molecule has 1 aliphatic heterocycles. The number of nitrogens with two attached hydrogens (primary N) is 1. The number of aromatic nitrogens is 1. The number of anilines is 2. The van der Waals surface area contributed by atoms with Gasteiger partial charge >= 0.3 is 0 Å². The zero-order valence-corrected chi connectivity index (χ0v) is 11.7. The monoisotopic (exact) mass is 273 g/mol. The normalized spacial score (nSPS) is 19.5. The maximum absolute atomic E-state index is 6.07. The third-order valence-electron chi connectivity index (χ3n) is 3.59. The highest BCUT2D eigenvalue weighted by Gasteiger charge is 2.14. The number of pyridine rings is 1. The van der Waals surface area contributed by atoms with E-state index in [0.717, 1.165) is 28.8 Å². The van der Waals surface area contributed by atoms with Crippen LogP contribution in [0.25, 0.3) is 10.9 Å². The molecule has 3 N–H and O–H groups in total. The predicted molar refractivity (Wildman–Crippen MR) is 84.7 cm³/mol. The Labute approximate surface area is 118 Å².